The van der Waals surface area contributed by atoms with E-state index in [0.29, 0.717) is 23.7 Å². The second kappa shape index (κ2) is 11.9. The first-order valence-corrected chi connectivity index (χ1v) is 19.6. The van der Waals surface area contributed by atoms with Crippen LogP contribution in [0.2, 0.25) is 0 Å². The first-order chi connectivity index (χ1) is 19.1. The first kappa shape index (κ1) is 29.6. The van der Waals surface area contributed by atoms with Gasteiger partial charge in [0.2, 0.25) is 0 Å². The Morgan fingerprint density at radius 3 is 1.12 bits per heavy atom. The normalized spacial score (nSPS) is 21.0. The molecular weight excluding hydrogens is 601 g/mol. The Balaban J connectivity index is 1.24. The molecule has 0 aromatic carbocycles. The van der Waals surface area contributed by atoms with Crippen LogP contribution in [0, 0.1) is 23.7 Å². The molecule has 0 fully saturated rings. The highest BCUT2D eigenvalue weighted by Crippen LogP contribution is 2.57. The third-order valence-corrected chi connectivity index (χ3v) is 16.4. The van der Waals surface area contributed by atoms with E-state index >= 15 is 0 Å². The maximum absolute atomic E-state index is 2.49. The summed E-state index contributed by atoms with van der Waals surface area (Å²) in [6, 6.07) is 4.98. The van der Waals surface area contributed by atoms with E-state index in [1.807, 2.05) is 69.7 Å². The van der Waals surface area contributed by atoms with Crippen LogP contribution in [0.25, 0.3) is 23.3 Å². The molecule has 212 valence electrons. The molecule has 2 aromatic rings. The van der Waals surface area contributed by atoms with Crippen molar-refractivity contribution in [2.24, 2.45) is 23.7 Å². The van der Waals surface area contributed by atoms with E-state index in [1.54, 1.807) is 51.6 Å². The third-order valence-electron chi connectivity index (χ3n) is 7.80. The Morgan fingerprint density at radius 1 is 0.500 bits per heavy atom. The molecule has 0 radical (unpaired) electrons. The third kappa shape index (κ3) is 5.71. The van der Waals surface area contributed by atoms with E-state index in [-0.39, 0.29) is 0 Å². The highest BCUT2D eigenvalue weighted by molar-refractivity contribution is 8.29. The summed E-state index contributed by atoms with van der Waals surface area (Å²) in [5.41, 5.74) is 6.45. The number of thioether (sulfide) groups is 4. The van der Waals surface area contributed by atoms with Crippen molar-refractivity contribution < 1.29 is 0 Å². The van der Waals surface area contributed by atoms with Crippen molar-refractivity contribution in [1.82, 2.24) is 0 Å². The van der Waals surface area contributed by atoms with Gasteiger partial charge in [-0.15, -0.1) is 22.7 Å². The van der Waals surface area contributed by atoms with Crippen LogP contribution in [-0.4, -0.2) is 0 Å². The second-order valence-corrected chi connectivity index (χ2v) is 19.4. The summed E-state index contributed by atoms with van der Waals surface area (Å²) < 4.78 is 2.91. The van der Waals surface area contributed by atoms with E-state index in [4.69, 9.17) is 0 Å². The molecule has 0 spiro atoms. The fraction of sp³-hybridized carbons (Fsp3) is 0.471. The molecule has 2 aliphatic heterocycles. The van der Waals surface area contributed by atoms with Crippen molar-refractivity contribution in [3.05, 3.63) is 70.9 Å². The van der Waals surface area contributed by atoms with Crippen LogP contribution in [0.5, 0.6) is 0 Å². The predicted octanol–water partition coefficient (Wildman–Crippen LogP) is 13.2. The van der Waals surface area contributed by atoms with Crippen molar-refractivity contribution >= 4 is 93.0 Å². The lowest BCUT2D eigenvalue weighted by Crippen LogP contribution is -1.95. The van der Waals surface area contributed by atoms with Gasteiger partial charge in [-0.1, -0.05) is 102 Å². The van der Waals surface area contributed by atoms with Crippen LogP contribution >= 0.6 is 69.7 Å². The molecule has 0 amide bonds. The van der Waals surface area contributed by atoms with Crippen molar-refractivity contribution in [2.45, 2.75) is 81.1 Å². The number of aryl methyl sites for hydroxylation is 2. The molecule has 0 atom stereocenters. The summed E-state index contributed by atoms with van der Waals surface area (Å²) in [5, 5.41) is 0. The first-order valence-electron chi connectivity index (χ1n) is 14.7. The highest BCUT2D eigenvalue weighted by Gasteiger charge is 2.30. The zero-order valence-electron chi connectivity index (χ0n) is 24.9. The van der Waals surface area contributed by atoms with E-state index in [1.165, 1.54) is 43.9 Å². The van der Waals surface area contributed by atoms with Gasteiger partial charge in [0.15, 0.2) is 0 Å². The fourth-order valence-corrected chi connectivity index (χ4v) is 14.5. The summed E-state index contributed by atoms with van der Waals surface area (Å²) in [6.07, 6.45) is 9.77. The summed E-state index contributed by atoms with van der Waals surface area (Å²) in [7, 11) is 0. The monoisotopic (exact) mass is 640 g/mol. The smallest absolute Gasteiger partial charge is 0.0507 e. The molecule has 0 bridgehead atoms. The maximum Gasteiger partial charge on any atom is 0.0507 e. The number of hydrogen-bond donors (Lipinski definition) is 0. The molecule has 4 heterocycles. The van der Waals surface area contributed by atoms with Crippen LogP contribution in [0.15, 0.2) is 40.2 Å². The van der Waals surface area contributed by atoms with E-state index < -0.39 is 0 Å². The van der Waals surface area contributed by atoms with E-state index in [9.17, 15) is 0 Å². The fourth-order valence-electron chi connectivity index (χ4n) is 5.88. The van der Waals surface area contributed by atoms with Gasteiger partial charge >= 0.3 is 0 Å². The molecule has 0 N–H and O–H groups in total. The van der Waals surface area contributed by atoms with Gasteiger partial charge in [0.1, 0.15) is 0 Å². The molecule has 40 heavy (non-hydrogen) atoms. The molecule has 0 unspecified atom stereocenters. The lowest BCUT2D eigenvalue weighted by Gasteiger charge is -2.10. The van der Waals surface area contributed by atoms with Crippen LogP contribution < -0.4 is 0 Å². The predicted molar refractivity (Wildman–Crippen MR) is 192 cm³/mol. The Bertz CT molecular complexity index is 1340. The van der Waals surface area contributed by atoms with E-state index in [2.05, 4.69) is 79.7 Å². The topological polar surface area (TPSA) is 0 Å². The molecule has 4 aliphatic rings. The largest absolute Gasteiger partial charge is 0.136 e. The van der Waals surface area contributed by atoms with Gasteiger partial charge in [-0.3, -0.25) is 0 Å². The number of thiophene rings is 2. The summed E-state index contributed by atoms with van der Waals surface area (Å²) in [5.74, 6) is 2.41. The van der Waals surface area contributed by atoms with Gasteiger partial charge in [-0.25, -0.2) is 0 Å². The Labute approximate surface area is 266 Å². The van der Waals surface area contributed by atoms with Crippen molar-refractivity contribution in [3.8, 4) is 0 Å². The summed E-state index contributed by atoms with van der Waals surface area (Å²) in [6.45, 7) is 18.7. The minimum atomic E-state index is 0.602. The van der Waals surface area contributed by atoms with Gasteiger partial charge < -0.3 is 0 Å². The molecule has 6 rings (SSSR count). The molecule has 0 saturated heterocycles. The van der Waals surface area contributed by atoms with Crippen LogP contribution in [0.3, 0.4) is 0 Å². The summed E-state index contributed by atoms with van der Waals surface area (Å²) in [4.78, 5) is 12.3. The summed E-state index contributed by atoms with van der Waals surface area (Å²) >= 11 is 12.1. The lowest BCUT2D eigenvalue weighted by atomic mass is 10.1. The average molecular weight is 641 g/mol. The lowest BCUT2D eigenvalue weighted by molar-refractivity contribution is 0.760. The quantitative estimate of drug-likeness (QED) is 0.308. The van der Waals surface area contributed by atoms with Gasteiger partial charge in [0.05, 0.1) is 8.47 Å². The van der Waals surface area contributed by atoms with Crippen molar-refractivity contribution in [2.75, 3.05) is 0 Å². The Hall–Kier alpha value is -0.500. The average Bonchev–Trinajstić information content (AvgIpc) is 3.69. The zero-order valence-corrected chi connectivity index (χ0v) is 29.8. The number of rotatable bonds is 6. The minimum Gasteiger partial charge on any atom is -0.136 e. The molecule has 6 heteroatoms. The van der Waals surface area contributed by atoms with Crippen molar-refractivity contribution in [1.29, 1.82) is 0 Å². The molecule has 2 aliphatic carbocycles. The minimum absolute atomic E-state index is 0.602. The number of hydrogen-bond acceptors (Lipinski definition) is 6. The van der Waals surface area contributed by atoms with Gasteiger partial charge in [-0.05, 0) is 95.9 Å². The van der Waals surface area contributed by atoms with Gasteiger partial charge in [-0.2, -0.15) is 0 Å². The molecule has 0 saturated carbocycles. The van der Waals surface area contributed by atoms with Crippen molar-refractivity contribution in [3.63, 3.8) is 0 Å². The molecule has 2 aromatic heterocycles. The zero-order chi connectivity index (χ0) is 28.3. The van der Waals surface area contributed by atoms with Crippen LogP contribution in [0.4, 0.5) is 0 Å². The standard InChI is InChI=1S/C34H40S6/c1-17(2)29-30(18(3)4)38-27(37-29)15-23-13-21-9-11-25(33(21)35-23)26-12-10-22-14-24(36-34(22)26)16-28-39-31(19(5)6)32(40-28)20(7)8/h13-20H,9-12H2,1-8H3/b26-25-. The number of fused-ring (bicyclic) bond motifs is 2. The van der Waals surface area contributed by atoms with Crippen LogP contribution in [-0.2, 0) is 12.8 Å². The Morgan fingerprint density at radius 2 is 0.825 bits per heavy atom. The van der Waals surface area contributed by atoms with Gasteiger partial charge in [0, 0.05) is 39.1 Å². The maximum atomic E-state index is 2.49. The van der Waals surface area contributed by atoms with Gasteiger partial charge in [0.25, 0.3) is 0 Å². The van der Waals surface area contributed by atoms with Crippen LogP contribution in [0.1, 0.15) is 98.9 Å². The highest BCUT2D eigenvalue weighted by atomic mass is 32.2. The number of allylic oxidation sites excluding steroid dienone is 6. The SMILES string of the molecule is CC(C)C1=C(C(C)C)SC(=Cc2cc3c(s2)/C(=C2/CCc4cc(C=C5SC(C(C)C)=C(C(C)C)S5)sc42)CC3)S1. The molecular formula is C34H40S6. The Kier molecular flexibility index (Phi) is 8.78. The molecule has 0 nitrogen and oxygen atoms in total. The second-order valence-electron chi connectivity index (χ2n) is 12.4. The van der Waals surface area contributed by atoms with E-state index in [0.717, 1.165) is 0 Å².